The number of carbonyl (C=O) groups excluding carboxylic acids is 1. The quantitative estimate of drug-likeness (QED) is 0.639. The molecule has 2 N–H and O–H groups in total. The number of H-pyrrole nitrogens is 1. The van der Waals surface area contributed by atoms with Gasteiger partial charge in [-0.2, -0.15) is 0 Å². The van der Waals surface area contributed by atoms with Gasteiger partial charge in [0.1, 0.15) is 11.8 Å². The van der Waals surface area contributed by atoms with Gasteiger partial charge in [0.05, 0.1) is 18.6 Å². The number of carbonyl (C=O) groups is 1. The Morgan fingerprint density at radius 2 is 2.31 bits per heavy atom. The van der Waals surface area contributed by atoms with Crippen molar-refractivity contribution >= 4 is 22.9 Å². The van der Waals surface area contributed by atoms with Gasteiger partial charge in [-0.1, -0.05) is 0 Å². The molecule has 4 rings (SSSR count). The fraction of sp³-hybridized carbons (Fsp3) is 0.471. The van der Waals surface area contributed by atoms with Crippen LogP contribution in [-0.4, -0.2) is 55.0 Å². The molecule has 0 aromatic carbocycles. The Balaban J connectivity index is 1.33. The standard InChI is InChI=1S/C17H22N8O/c26-17(19-4-2-6-24-8-5-18-12-24)13-3-1-7-25(9-13)16-14-15(21-10-20-14)22-11-23-16/h5,8,10-13H,1-4,6-7,9H2,(H,19,26)(H,20,21,22,23)/t13-/m0/s1. The third-order valence-corrected chi connectivity index (χ3v) is 4.75. The van der Waals surface area contributed by atoms with Crippen LogP contribution in [0.15, 0.2) is 31.4 Å². The number of anilines is 1. The average molecular weight is 354 g/mol. The lowest BCUT2D eigenvalue weighted by atomic mass is 9.97. The molecular weight excluding hydrogens is 332 g/mol. The number of rotatable bonds is 6. The highest BCUT2D eigenvalue weighted by molar-refractivity contribution is 5.84. The summed E-state index contributed by atoms with van der Waals surface area (Å²) in [5.74, 6) is 0.922. The summed E-state index contributed by atoms with van der Waals surface area (Å²) in [6.45, 7) is 3.08. The van der Waals surface area contributed by atoms with Crippen LogP contribution in [0.1, 0.15) is 19.3 Å². The molecule has 0 aliphatic carbocycles. The van der Waals surface area contributed by atoms with Crippen molar-refractivity contribution < 1.29 is 4.79 Å². The van der Waals surface area contributed by atoms with Crippen molar-refractivity contribution in [3.8, 4) is 0 Å². The van der Waals surface area contributed by atoms with Gasteiger partial charge in [0.2, 0.25) is 5.91 Å². The largest absolute Gasteiger partial charge is 0.356 e. The minimum atomic E-state index is -0.0232. The number of nitrogens with one attached hydrogen (secondary N) is 2. The highest BCUT2D eigenvalue weighted by atomic mass is 16.1. The van der Waals surface area contributed by atoms with Gasteiger partial charge in [-0.05, 0) is 19.3 Å². The lowest BCUT2D eigenvalue weighted by Gasteiger charge is -2.32. The van der Waals surface area contributed by atoms with Crippen molar-refractivity contribution in [1.82, 2.24) is 34.8 Å². The van der Waals surface area contributed by atoms with Crippen molar-refractivity contribution in [3.63, 3.8) is 0 Å². The van der Waals surface area contributed by atoms with Crippen molar-refractivity contribution in [2.45, 2.75) is 25.8 Å². The van der Waals surface area contributed by atoms with Crippen LogP contribution >= 0.6 is 0 Å². The lowest BCUT2D eigenvalue weighted by molar-refractivity contribution is -0.125. The zero-order valence-corrected chi connectivity index (χ0v) is 14.5. The van der Waals surface area contributed by atoms with Gasteiger partial charge in [-0.15, -0.1) is 0 Å². The molecule has 136 valence electrons. The highest BCUT2D eigenvalue weighted by Crippen LogP contribution is 2.25. The Hall–Kier alpha value is -2.97. The van der Waals surface area contributed by atoms with Gasteiger partial charge in [-0.3, -0.25) is 4.79 Å². The predicted octanol–water partition coefficient (Wildman–Crippen LogP) is 0.972. The van der Waals surface area contributed by atoms with E-state index in [2.05, 4.69) is 35.1 Å². The first-order valence-corrected chi connectivity index (χ1v) is 8.94. The van der Waals surface area contributed by atoms with E-state index in [0.717, 1.165) is 43.7 Å². The van der Waals surface area contributed by atoms with Crippen LogP contribution in [0, 0.1) is 5.92 Å². The van der Waals surface area contributed by atoms with Gasteiger partial charge in [0.25, 0.3) is 0 Å². The van der Waals surface area contributed by atoms with Crippen molar-refractivity contribution in [2.75, 3.05) is 24.5 Å². The van der Waals surface area contributed by atoms with E-state index in [1.54, 1.807) is 18.9 Å². The van der Waals surface area contributed by atoms with Crippen LogP contribution in [-0.2, 0) is 11.3 Å². The Morgan fingerprint density at radius 3 is 3.19 bits per heavy atom. The molecule has 1 fully saturated rings. The summed E-state index contributed by atoms with van der Waals surface area (Å²) in [5.41, 5.74) is 1.48. The molecule has 4 heterocycles. The molecular formula is C17H22N8O. The van der Waals surface area contributed by atoms with E-state index < -0.39 is 0 Å². The Kier molecular flexibility index (Phi) is 4.76. The molecule has 26 heavy (non-hydrogen) atoms. The molecule has 1 saturated heterocycles. The maximum absolute atomic E-state index is 12.5. The first-order valence-electron chi connectivity index (χ1n) is 8.94. The third-order valence-electron chi connectivity index (χ3n) is 4.75. The van der Waals surface area contributed by atoms with Crippen LogP contribution in [0.25, 0.3) is 11.2 Å². The van der Waals surface area contributed by atoms with E-state index in [-0.39, 0.29) is 11.8 Å². The average Bonchev–Trinajstić information content (AvgIpc) is 3.36. The number of nitrogens with zero attached hydrogens (tertiary/aromatic N) is 6. The molecule has 1 aliphatic heterocycles. The number of aromatic nitrogens is 6. The van der Waals surface area contributed by atoms with Gasteiger partial charge in [-0.25, -0.2) is 19.9 Å². The normalized spacial score (nSPS) is 17.5. The molecule has 3 aromatic heterocycles. The Labute approximate surface area is 150 Å². The SMILES string of the molecule is O=C(NCCCn1ccnc1)[C@H]1CCCN(c2ncnc3nc[nH]c23)C1. The van der Waals surface area contributed by atoms with Crippen LogP contribution in [0.3, 0.4) is 0 Å². The number of hydrogen-bond donors (Lipinski definition) is 2. The second-order valence-electron chi connectivity index (χ2n) is 6.53. The molecule has 1 aliphatic rings. The third kappa shape index (κ3) is 3.51. The van der Waals surface area contributed by atoms with Gasteiger partial charge >= 0.3 is 0 Å². The molecule has 0 unspecified atom stereocenters. The lowest BCUT2D eigenvalue weighted by Crippen LogP contribution is -2.43. The fourth-order valence-electron chi connectivity index (χ4n) is 3.41. The van der Waals surface area contributed by atoms with E-state index in [9.17, 15) is 4.79 Å². The van der Waals surface area contributed by atoms with Crippen LogP contribution in [0.5, 0.6) is 0 Å². The number of aromatic amines is 1. The van der Waals surface area contributed by atoms with E-state index in [4.69, 9.17) is 0 Å². The van der Waals surface area contributed by atoms with Crippen molar-refractivity contribution in [2.24, 2.45) is 5.92 Å². The van der Waals surface area contributed by atoms with E-state index in [1.807, 2.05) is 10.8 Å². The summed E-state index contributed by atoms with van der Waals surface area (Å²) in [7, 11) is 0. The topological polar surface area (TPSA) is 105 Å². The number of aryl methyl sites for hydroxylation is 1. The summed E-state index contributed by atoms with van der Waals surface area (Å²) in [6, 6.07) is 0. The summed E-state index contributed by atoms with van der Waals surface area (Å²) in [4.78, 5) is 34.6. The highest BCUT2D eigenvalue weighted by Gasteiger charge is 2.27. The van der Waals surface area contributed by atoms with E-state index >= 15 is 0 Å². The predicted molar refractivity (Wildman–Crippen MR) is 96.5 cm³/mol. The summed E-state index contributed by atoms with van der Waals surface area (Å²) in [5, 5.41) is 3.07. The molecule has 9 nitrogen and oxygen atoms in total. The monoisotopic (exact) mass is 354 g/mol. The first kappa shape index (κ1) is 16.5. The Bertz CT molecular complexity index is 859. The zero-order valence-electron chi connectivity index (χ0n) is 14.5. The summed E-state index contributed by atoms with van der Waals surface area (Å²) in [6.07, 6.45) is 11.4. The van der Waals surface area contributed by atoms with Crippen LogP contribution in [0.4, 0.5) is 5.82 Å². The summed E-state index contributed by atoms with van der Waals surface area (Å²) < 4.78 is 2.01. The molecule has 1 atom stereocenters. The molecule has 0 radical (unpaired) electrons. The number of imidazole rings is 2. The molecule has 0 saturated carbocycles. The maximum Gasteiger partial charge on any atom is 0.224 e. The minimum absolute atomic E-state index is 0.0232. The van der Waals surface area contributed by atoms with E-state index in [1.165, 1.54) is 6.33 Å². The van der Waals surface area contributed by atoms with Crippen molar-refractivity contribution in [3.05, 3.63) is 31.4 Å². The van der Waals surface area contributed by atoms with E-state index in [0.29, 0.717) is 18.7 Å². The zero-order chi connectivity index (χ0) is 17.8. The number of piperidine rings is 1. The summed E-state index contributed by atoms with van der Waals surface area (Å²) >= 11 is 0. The van der Waals surface area contributed by atoms with Gasteiger partial charge in [0.15, 0.2) is 11.5 Å². The fourth-order valence-corrected chi connectivity index (χ4v) is 3.41. The molecule has 3 aromatic rings. The number of hydrogen-bond acceptors (Lipinski definition) is 6. The Morgan fingerprint density at radius 1 is 1.35 bits per heavy atom. The first-order chi connectivity index (χ1) is 12.8. The van der Waals surface area contributed by atoms with Gasteiger partial charge < -0.3 is 19.8 Å². The van der Waals surface area contributed by atoms with Crippen LogP contribution in [0.2, 0.25) is 0 Å². The second kappa shape index (κ2) is 7.51. The molecule has 1 amide bonds. The van der Waals surface area contributed by atoms with Crippen molar-refractivity contribution in [1.29, 1.82) is 0 Å². The molecule has 0 spiro atoms. The second-order valence-corrected chi connectivity index (χ2v) is 6.53. The number of amides is 1. The molecule has 9 heteroatoms. The minimum Gasteiger partial charge on any atom is -0.356 e. The van der Waals surface area contributed by atoms with Gasteiger partial charge in [0, 0.05) is 38.6 Å². The maximum atomic E-state index is 12.5. The number of fused-ring (bicyclic) bond motifs is 1. The smallest absolute Gasteiger partial charge is 0.224 e. The van der Waals surface area contributed by atoms with Crippen LogP contribution < -0.4 is 10.2 Å². The molecule has 0 bridgehead atoms.